The van der Waals surface area contributed by atoms with Gasteiger partial charge in [-0.25, -0.2) is 9.50 Å². The van der Waals surface area contributed by atoms with Crippen molar-refractivity contribution >= 4 is 22.8 Å². The summed E-state index contributed by atoms with van der Waals surface area (Å²) in [6.07, 6.45) is 3.45. The average molecular weight is 314 g/mol. The minimum absolute atomic E-state index is 0.0414. The van der Waals surface area contributed by atoms with Gasteiger partial charge in [0.05, 0.1) is 34.5 Å². The molecule has 0 atom stereocenters. The molecule has 0 spiro atoms. The Labute approximate surface area is 133 Å². The van der Waals surface area contributed by atoms with Crippen LogP contribution in [-0.2, 0) is 6.54 Å². The van der Waals surface area contributed by atoms with Crippen molar-refractivity contribution in [2.24, 2.45) is 0 Å². The Morgan fingerprint density at radius 1 is 1.41 bits per heavy atom. The third kappa shape index (κ3) is 2.74. The van der Waals surface area contributed by atoms with Gasteiger partial charge in [-0.2, -0.15) is 5.10 Å². The number of aromatic nitrogens is 3. The number of carbonyl (C=O) groups is 1. The van der Waals surface area contributed by atoms with Gasteiger partial charge < -0.3 is 4.90 Å². The molecule has 0 saturated heterocycles. The van der Waals surface area contributed by atoms with Crippen LogP contribution in [0, 0.1) is 0 Å². The largest absolute Gasteiger partial charge is 0.336 e. The molecule has 22 heavy (non-hydrogen) atoms. The molecular formula is C16H18N4OS. The molecule has 3 rings (SSSR count). The highest BCUT2D eigenvalue weighted by Crippen LogP contribution is 2.20. The third-order valence-corrected chi connectivity index (χ3v) is 4.66. The van der Waals surface area contributed by atoms with Crippen molar-refractivity contribution in [2.45, 2.75) is 26.3 Å². The number of hydrogen-bond acceptors (Lipinski definition) is 4. The van der Waals surface area contributed by atoms with Crippen molar-refractivity contribution in [1.29, 1.82) is 0 Å². The number of fused-ring (bicyclic) bond motifs is 1. The first kappa shape index (κ1) is 14.7. The molecule has 3 heterocycles. The first-order valence-corrected chi connectivity index (χ1v) is 8.06. The van der Waals surface area contributed by atoms with E-state index in [-0.39, 0.29) is 5.91 Å². The number of rotatable bonds is 4. The number of hydrogen-bond donors (Lipinski definition) is 0. The van der Waals surface area contributed by atoms with Crippen molar-refractivity contribution in [1.82, 2.24) is 19.5 Å². The molecule has 0 saturated carbocycles. The predicted octanol–water partition coefficient (Wildman–Crippen LogP) is 3.19. The predicted molar refractivity (Wildman–Crippen MR) is 87.2 cm³/mol. The van der Waals surface area contributed by atoms with Crippen LogP contribution in [0.4, 0.5) is 0 Å². The van der Waals surface area contributed by atoms with Gasteiger partial charge in [-0.1, -0.05) is 19.9 Å². The van der Waals surface area contributed by atoms with Crippen LogP contribution in [0.1, 0.15) is 40.8 Å². The Balaban J connectivity index is 1.79. The monoisotopic (exact) mass is 314 g/mol. The maximum atomic E-state index is 12.6. The lowest BCUT2D eigenvalue weighted by Gasteiger charge is -2.15. The summed E-state index contributed by atoms with van der Waals surface area (Å²) in [4.78, 5) is 18.9. The van der Waals surface area contributed by atoms with E-state index in [1.165, 1.54) is 0 Å². The molecule has 0 aromatic carbocycles. The zero-order chi connectivity index (χ0) is 15.7. The molecule has 5 nitrogen and oxygen atoms in total. The van der Waals surface area contributed by atoms with Gasteiger partial charge in [0.15, 0.2) is 0 Å². The fraction of sp³-hybridized carbons (Fsp3) is 0.312. The Morgan fingerprint density at radius 3 is 2.95 bits per heavy atom. The average Bonchev–Trinajstić information content (AvgIpc) is 3.13. The van der Waals surface area contributed by atoms with Crippen molar-refractivity contribution < 1.29 is 4.79 Å². The van der Waals surface area contributed by atoms with Crippen LogP contribution < -0.4 is 0 Å². The summed E-state index contributed by atoms with van der Waals surface area (Å²) < 4.78 is 1.71. The van der Waals surface area contributed by atoms with Crippen LogP contribution in [0.25, 0.3) is 5.52 Å². The van der Waals surface area contributed by atoms with E-state index in [1.807, 2.05) is 29.8 Å². The second kappa shape index (κ2) is 5.88. The number of carbonyl (C=O) groups excluding carboxylic acids is 1. The summed E-state index contributed by atoms with van der Waals surface area (Å²) in [7, 11) is 1.79. The lowest BCUT2D eigenvalue weighted by atomic mass is 10.2. The van der Waals surface area contributed by atoms with Crippen molar-refractivity contribution in [3.63, 3.8) is 0 Å². The number of nitrogens with zero attached hydrogens (tertiary/aromatic N) is 4. The molecule has 1 amide bonds. The Morgan fingerprint density at radius 2 is 2.23 bits per heavy atom. The van der Waals surface area contributed by atoms with Gasteiger partial charge in [0, 0.05) is 24.5 Å². The lowest BCUT2D eigenvalue weighted by molar-refractivity contribution is 0.0785. The molecule has 0 radical (unpaired) electrons. The fourth-order valence-corrected chi connectivity index (χ4v) is 3.11. The minimum Gasteiger partial charge on any atom is -0.336 e. The summed E-state index contributed by atoms with van der Waals surface area (Å²) in [5.74, 6) is 0.375. The van der Waals surface area contributed by atoms with Gasteiger partial charge in [-0.05, 0) is 12.1 Å². The highest BCUT2D eigenvalue weighted by Gasteiger charge is 2.18. The Bertz CT molecular complexity index is 805. The Hall–Kier alpha value is -2.21. The van der Waals surface area contributed by atoms with E-state index in [2.05, 4.69) is 23.9 Å². The van der Waals surface area contributed by atoms with Gasteiger partial charge in [-0.3, -0.25) is 4.79 Å². The molecule has 0 fully saturated rings. The van der Waals surface area contributed by atoms with Crippen LogP contribution in [0.5, 0.6) is 0 Å². The zero-order valence-corrected chi connectivity index (χ0v) is 13.7. The van der Waals surface area contributed by atoms with E-state index in [0.29, 0.717) is 18.0 Å². The standard InChI is InChI=1S/C16H18N4OS/c1-11(2)15-18-12(10-22-15)9-19(3)16(21)13-8-17-20-7-5-4-6-14(13)20/h4-8,10-11H,9H2,1-3H3. The van der Waals surface area contributed by atoms with Crippen molar-refractivity contribution in [2.75, 3.05) is 7.05 Å². The van der Waals surface area contributed by atoms with E-state index in [0.717, 1.165) is 16.2 Å². The maximum absolute atomic E-state index is 12.6. The van der Waals surface area contributed by atoms with Crippen molar-refractivity contribution in [3.05, 3.63) is 52.2 Å². The smallest absolute Gasteiger partial charge is 0.257 e. The van der Waals surface area contributed by atoms with E-state index in [1.54, 1.807) is 34.0 Å². The topological polar surface area (TPSA) is 50.5 Å². The number of amides is 1. The molecule has 0 bridgehead atoms. The summed E-state index contributed by atoms with van der Waals surface area (Å²) in [6.45, 7) is 4.75. The second-order valence-electron chi connectivity index (χ2n) is 5.58. The molecule has 3 aromatic rings. The molecular weight excluding hydrogens is 296 g/mol. The van der Waals surface area contributed by atoms with E-state index < -0.39 is 0 Å². The highest BCUT2D eigenvalue weighted by molar-refractivity contribution is 7.09. The van der Waals surface area contributed by atoms with Crippen molar-refractivity contribution in [3.8, 4) is 0 Å². The summed E-state index contributed by atoms with van der Waals surface area (Å²) in [6, 6.07) is 5.69. The first-order valence-electron chi connectivity index (χ1n) is 7.18. The van der Waals surface area contributed by atoms with Gasteiger partial charge >= 0.3 is 0 Å². The molecule has 6 heteroatoms. The molecule has 3 aromatic heterocycles. The molecule has 0 N–H and O–H groups in total. The fourth-order valence-electron chi connectivity index (χ4n) is 2.28. The van der Waals surface area contributed by atoms with Crippen LogP contribution >= 0.6 is 11.3 Å². The third-order valence-electron chi connectivity index (χ3n) is 3.47. The van der Waals surface area contributed by atoms with E-state index >= 15 is 0 Å². The second-order valence-corrected chi connectivity index (χ2v) is 6.47. The SMILES string of the molecule is CC(C)c1nc(CN(C)C(=O)c2cnn3ccccc23)cs1. The van der Waals surface area contributed by atoms with Crippen LogP contribution in [-0.4, -0.2) is 32.5 Å². The minimum atomic E-state index is -0.0414. The number of thiazole rings is 1. The first-order chi connectivity index (χ1) is 10.6. The lowest BCUT2D eigenvalue weighted by Crippen LogP contribution is -2.26. The molecule has 114 valence electrons. The molecule has 0 aliphatic rings. The summed E-state index contributed by atoms with van der Waals surface area (Å²) in [5.41, 5.74) is 2.36. The van der Waals surface area contributed by atoms with Crippen LogP contribution in [0.3, 0.4) is 0 Å². The molecule has 0 aliphatic heterocycles. The van der Waals surface area contributed by atoms with Crippen LogP contribution in [0.15, 0.2) is 36.0 Å². The summed E-state index contributed by atoms with van der Waals surface area (Å²) >= 11 is 1.65. The zero-order valence-electron chi connectivity index (χ0n) is 12.9. The Kier molecular flexibility index (Phi) is 3.94. The normalized spacial score (nSPS) is 11.3. The van der Waals surface area contributed by atoms with Gasteiger partial charge in [-0.15, -0.1) is 11.3 Å². The van der Waals surface area contributed by atoms with Gasteiger partial charge in [0.2, 0.25) is 0 Å². The summed E-state index contributed by atoms with van der Waals surface area (Å²) in [5, 5.41) is 7.34. The molecule has 0 unspecified atom stereocenters. The van der Waals surface area contributed by atoms with E-state index in [9.17, 15) is 4.79 Å². The van der Waals surface area contributed by atoms with Gasteiger partial charge in [0.25, 0.3) is 5.91 Å². The van der Waals surface area contributed by atoms with Crippen LogP contribution in [0.2, 0.25) is 0 Å². The highest BCUT2D eigenvalue weighted by atomic mass is 32.1. The quantitative estimate of drug-likeness (QED) is 0.743. The number of pyridine rings is 1. The molecule has 0 aliphatic carbocycles. The maximum Gasteiger partial charge on any atom is 0.257 e. The van der Waals surface area contributed by atoms with E-state index in [4.69, 9.17) is 0 Å². The van der Waals surface area contributed by atoms with Gasteiger partial charge in [0.1, 0.15) is 0 Å².